The Labute approximate surface area is 213 Å². The number of hydrogen-bond donors (Lipinski definition) is 3. The fourth-order valence-corrected chi connectivity index (χ4v) is 4.63. The molecular formula is C26H21Cl2N5S. The second kappa shape index (κ2) is 9.14. The smallest absolute Gasteiger partial charge is 0.172 e. The topological polar surface area (TPSA) is 55.4 Å². The third-order valence-corrected chi connectivity index (χ3v) is 6.57. The number of H-pyrrole nitrogens is 1. The molecule has 0 radical (unpaired) electrons. The lowest BCUT2D eigenvalue weighted by Crippen LogP contribution is -2.41. The van der Waals surface area contributed by atoms with Crippen molar-refractivity contribution in [3.8, 4) is 0 Å². The molecule has 5 nitrogen and oxygen atoms in total. The Morgan fingerprint density at radius 2 is 1.88 bits per heavy atom. The van der Waals surface area contributed by atoms with Gasteiger partial charge in [0, 0.05) is 51.0 Å². The van der Waals surface area contributed by atoms with E-state index < -0.39 is 6.17 Å². The standard InChI is InChI=1S/C26H21Cl2N5S/c1-15-25(32-26(34)30-18-8-9-22-16(13-18)11-12-29-22)31-24(19-5-3-4-6-21(19)28)20-14-17(27)7-10-23(20)33(15)2/h3-14,25,29H,1H2,2H3,(H2,30,32,34). The Kier molecular flexibility index (Phi) is 6.04. The number of aromatic amines is 1. The average molecular weight is 506 g/mol. The minimum atomic E-state index is -0.529. The summed E-state index contributed by atoms with van der Waals surface area (Å²) in [5, 5.41) is 9.30. The molecule has 1 aliphatic heterocycles. The van der Waals surface area contributed by atoms with Crippen LogP contribution in [0.25, 0.3) is 10.9 Å². The molecular weight excluding hydrogens is 485 g/mol. The minimum Gasteiger partial charge on any atom is -0.361 e. The van der Waals surface area contributed by atoms with Crippen molar-refractivity contribution in [3.63, 3.8) is 0 Å². The highest BCUT2D eigenvalue weighted by molar-refractivity contribution is 7.80. The van der Waals surface area contributed by atoms with Crippen molar-refractivity contribution >= 4 is 68.5 Å². The van der Waals surface area contributed by atoms with Crippen molar-refractivity contribution in [2.45, 2.75) is 6.17 Å². The van der Waals surface area contributed by atoms with E-state index in [1.165, 1.54) is 0 Å². The highest BCUT2D eigenvalue weighted by atomic mass is 35.5. The second-order valence-corrected chi connectivity index (χ2v) is 9.20. The minimum absolute atomic E-state index is 0.431. The maximum Gasteiger partial charge on any atom is 0.172 e. The summed E-state index contributed by atoms with van der Waals surface area (Å²) in [4.78, 5) is 10.2. The van der Waals surface area contributed by atoms with E-state index in [0.717, 1.165) is 39.1 Å². The number of fused-ring (bicyclic) bond motifs is 2. The fraction of sp³-hybridized carbons (Fsp3) is 0.0769. The van der Waals surface area contributed by atoms with E-state index in [1.807, 2.05) is 84.9 Å². The molecule has 0 bridgehead atoms. The predicted molar refractivity (Wildman–Crippen MR) is 148 cm³/mol. The van der Waals surface area contributed by atoms with E-state index in [-0.39, 0.29) is 0 Å². The number of hydrogen-bond acceptors (Lipinski definition) is 3. The number of anilines is 2. The number of thiocarbonyl (C=S) groups is 1. The number of likely N-dealkylation sites (N-methyl/N-ethyl adjacent to an activating group) is 1. The molecule has 2 heterocycles. The van der Waals surface area contributed by atoms with Gasteiger partial charge in [-0.15, -0.1) is 0 Å². The summed E-state index contributed by atoms with van der Waals surface area (Å²) in [6.07, 6.45) is 1.38. The Balaban J connectivity index is 1.51. The van der Waals surface area contributed by atoms with Crippen LogP contribution in [0.5, 0.6) is 0 Å². The number of halogens is 2. The summed E-state index contributed by atoms with van der Waals surface area (Å²) in [5.74, 6) is 0. The second-order valence-electron chi connectivity index (χ2n) is 7.95. The van der Waals surface area contributed by atoms with Crippen molar-refractivity contribution in [1.29, 1.82) is 0 Å². The summed E-state index contributed by atoms with van der Waals surface area (Å²) < 4.78 is 0. The van der Waals surface area contributed by atoms with Gasteiger partial charge in [0.25, 0.3) is 0 Å². The molecule has 0 fully saturated rings. The first-order valence-electron chi connectivity index (χ1n) is 10.6. The van der Waals surface area contributed by atoms with Gasteiger partial charge in [-0.05, 0) is 60.7 Å². The van der Waals surface area contributed by atoms with Crippen LogP contribution in [-0.2, 0) is 0 Å². The number of nitrogens with zero attached hydrogens (tertiary/aromatic N) is 2. The molecule has 8 heteroatoms. The van der Waals surface area contributed by atoms with Gasteiger partial charge in [-0.1, -0.05) is 48.0 Å². The summed E-state index contributed by atoms with van der Waals surface area (Å²) in [6.45, 7) is 4.30. The molecule has 0 saturated heterocycles. The summed E-state index contributed by atoms with van der Waals surface area (Å²) in [6, 6.07) is 21.3. The van der Waals surface area contributed by atoms with Crippen LogP contribution in [-0.4, -0.2) is 29.0 Å². The van der Waals surface area contributed by atoms with E-state index in [0.29, 0.717) is 20.9 Å². The van der Waals surface area contributed by atoms with Crippen LogP contribution in [0.15, 0.2) is 90.2 Å². The normalized spacial score (nSPS) is 15.5. The van der Waals surface area contributed by atoms with Gasteiger partial charge in [0.1, 0.15) is 0 Å². The van der Waals surface area contributed by atoms with Gasteiger partial charge in [0.15, 0.2) is 11.3 Å². The van der Waals surface area contributed by atoms with Gasteiger partial charge in [-0.25, -0.2) is 0 Å². The van der Waals surface area contributed by atoms with E-state index in [4.69, 9.17) is 40.4 Å². The number of nitrogens with one attached hydrogen (secondary N) is 3. The summed E-state index contributed by atoms with van der Waals surface area (Å²) >= 11 is 18.6. The van der Waals surface area contributed by atoms with Crippen LogP contribution in [0.3, 0.4) is 0 Å². The van der Waals surface area contributed by atoms with Gasteiger partial charge in [-0.2, -0.15) is 0 Å². The quantitative estimate of drug-likeness (QED) is 0.275. The molecule has 1 unspecified atom stereocenters. The predicted octanol–water partition coefficient (Wildman–Crippen LogP) is 6.59. The zero-order valence-corrected chi connectivity index (χ0v) is 20.6. The molecule has 1 atom stereocenters. The maximum atomic E-state index is 6.58. The van der Waals surface area contributed by atoms with Gasteiger partial charge in [0.05, 0.1) is 17.1 Å². The zero-order chi connectivity index (χ0) is 23.8. The number of benzodiazepines with no additional fused rings is 1. The van der Waals surface area contributed by atoms with Gasteiger partial charge >= 0.3 is 0 Å². The van der Waals surface area contributed by atoms with Crippen molar-refractivity contribution in [3.05, 3.63) is 106 Å². The van der Waals surface area contributed by atoms with Gasteiger partial charge in [-0.3, -0.25) is 4.99 Å². The first-order chi connectivity index (χ1) is 16.4. The molecule has 3 aromatic carbocycles. The fourth-order valence-electron chi connectivity index (χ4n) is 4.01. The molecule has 170 valence electrons. The van der Waals surface area contributed by atoms with Crippen LogP contribution in [0.2, 0.25) is 10.0 Å². The van der Waals surface area contributed by atoms with Crippen molar-refractivity contribution in [2.24, 2.45) is 4.99 Å². The van der Waals surface area contributed by atoms with E-state index in [1.54, 1.807) is 0 Å². The van der Waals surface area contributed by atoms with Crippen molar-refractivity contribution in [2.75, 3.05) is 17.3 Å². The van der Waals surface area contributed by atoms with Crippen LogP contribution in [0, 0.1) is 0 Å². The molecule has 34 heavy (non-hydrogen) atoms. The molecule has 0 saturated carbocycles. The van der Waals surface area contributed by atoms with Crippen molar-refractivity contribution in [1.82, 2.24) is 10.3 Å². The summed E-state index contributed by atoms with van der Waals surface area (Å²) in [5.41, 5.74) is 5.98. The molecule has 0 aliphatic carbocycles. The third kappa shape index (κ3) is 4.28. The van der Waals surface area contributed by atoms with Gasteiger partial charge < -0.3 is 20.5 Å². The largest absolute Gasteiger partial charge is 0.361 e. The maximum absolute atomic E-state index is 6.58. The molecule has 0 amide bonds. The summed E-state index contributed by atoms with van der Waals surface area (Å²) in [7, 11) is 1.95. The van der Waals surface area contributed by atoms with Crippen LogP contribution >= 0.6 is 35.4 Å². The molecule has 5 rings (SSSR count). The first-order valence-corrected chi connectivity index (χ1v) is 11.8. The lowest BCUT2D eigenvalue weighted by molar-refractivity contribution is 0.716. The highest BCUT2D eigenvalue weighted by Crippen LogP contribution is 2.34. The Morgan fingerprint density at radius 3 is 2.71 bits per heavy atom. The lowest BCUT2D eigenvalue weighted by Gasteiger charge is -2.26. The number of benzene rings is 3. The molecule has 4 aromatic rings. The SMILES string of the molecule is C=C1C(NC(=S)Nc2ccc3[nH]ccc3c2)N=C(c2ccccc2Cl)c2cc(Cl)ccc2N1C. The van der Waals surface area contributed by atoms with Gasteiger partial charge in [0.2, 0.25) is 0 Å². The van der Waals surface area contributed by atoms with Crippen molar-refractivity contribution < 1.29 is 0 Å². The molecule has 0 spiro atoms. The lowest BCUT2D eigenvalue weighted by atomic mass is 10.00. The van der Waals surface area contributed by atoms with E-state index in [9.17, 15) is 0 Å². The number of rotatable bonds is 3. The molecule has 3 N–H and O–H groups in total. The molecule has 1 aromatic heterocycles. The Morgan fingerprint density at radius 1 is 1.06 bits per heavy atom. The van der Waals surface area contributed by atoms with E-state index >= 15 is 0 Å². The molecule has 1 aliphatic rings. The zero-order valence-electron chi connectivity index (χ0n) is 18.3. The third-order valence-electron chi connectivity index (χ3n) is 5.79. The van der Waals surface area contributed by atoms with E-state index in [2.05, 4.69) is 22.2 Å². The Hall–Kier alpha value is -3.32. The average Bonchev–Trinajstić information content (AvgIpc) is 3.26. The van der Waals surface area contributed by atoms with Crippen LogP contribution < -0.4 is 15.5 Å². The Bertz CT molecular complexity index is 1460. The first kappa shape index (κ1) is 22.5. The highest BCUT2D eigenvalue weighted by Gasteiger charge is 2.27. The number of aliphatic imine (C=N–C) groups is 1. The number of aromatic nitrogens is 1. The van der Waals surface area contributed by atoms with Crippen LogP contribution in [0.1, 0.15) is 11.1 Å². The van der Waals surface area contributed by atoms with Crippen LogP contribution in [0.4, 0.5) is 11.4 Å². The monoisotopic (exact) mass is 505 g/mol.